The van der Waals surface area contributed by atoms with E-state index in [1.165, 1.54) is 25.7 Å². The third-order valence-electron chi connectivity index (χ3n) is 3.57. The van der Waals surface area contributed by atoms with Gasteiger partial charge >= 0.3 is 0 Å². The number of anilines is 2. The Kier molecular flexibility index (Phi) is 5.14. The minimum atomic E-state index is 0.0427. The molecule has 2 rings (SSSR count). The fourth-order valence-corrected chi connectivity index (χ4v) is 3.78. The van der Waals surface area contributed by atoms with Crippen molar-refractivity contribution in [2.75, 3.05) is 16.8 Å². The number of benzene rings is 1. The summed E-state index contributed by atoms with van der Waals surface area (Å²) in [5.74, 6) is 1.37. The van der Waals surface area contributed by atoms with Gasteiger partial charge in [0.15, 0.2) is 0 Å². The number of nitrogen functional groups attached to an aromatic ring is 1. The van der Waals surface area contributed by atoms with Gasteiger partial charge in [0, 0.05) is 5.25 Å². The smallest absolute Gasteiger partial charge is 0.234 e. The van der Waals surface area contributed by atoms with Gasteiger partial charge in [0.2, 0.25) is 5.91 Å². The summed E-state index contributed by atoms with van der Waals surface area (Å²) in [5, 5.41) is 3.52. The maximum Gasteiger partial charge on any atom is 0.234 e. The van der Waals surface area contributed by atoms with Crippen LogP contribution in [0, 0.1) is 5.92 Å². The molecule has 4 heteroatoms. The molecular formula is C15H22N2OS. The van der Waals surface area contributed by atoms with Crippen molar-refractivity contribution >= 4 is 29.0 Å². The predicted octanol–water partition coefficient (Wildman–Crippen LogP) is 3.52. The first-order chi connectivity index (χ1) is 9.15. The molecule has 1 aromatic rings. The Balaban J connectivity index is 1.77. The monoisotopic (exact) mass is 278 g/mol. The number of hydrogen-bond donors (Lipinski definition) is 2. The van der Waals surface area contributed by atoms with Crippen LogP contribution in [0.1, 0.15) is 32.6 Å². The Morgan fingerprint density at radius 3 is 2.95 bits per heavy atom. The van der Waals surface area contributed by atoms with Crippen molar-refractivity contribution in [3.8, 4) is 0 Å². The van der Waals surface area contributed by atoms with Gasteiger partial charge in [0.25, 0.3) is 0 Å². The number of para-hydroxylation sites is 2. The lowest BCUT2D eigenvalue weighted by Crippen LogP contribution is -2.20. The average molecular weight is 278 g/mol. The van der Waals surface area contributed by atoms with Crippen LogP contribution in [0.4, 0.5) is 11.4 Å². The summed E-state index contributed by atoms with van der Waals surface area (Å²) in [4.78, 5) is 11.9. The lowest BCUT2D eigenvalue weighted by molar-refractivity contribution is -0.113. The molecule has 1 aliphatic carbocycles. The summed E-state index contributed by atoms with van der Waals surface area (Å²) < 4.78 is 0. The van der Waals surface area contributed by atoms with Crippen LogP contribution < -0.4 is 11.1 Å². The lowest BCUT2D eigenvalue weighted by atomic mass is 9.91. The maximum atomic E-state index is 11.9. The van der Waals surface area contributed by atoms with E-state index in [1.807, 2.05) is 18.2 Å². The highest BCUT2D eigenvalue weighted by molar-refractivity contribution is 8.00. The third-order valence-corrected chi connectivity index (χ3v) is 4.90. The summed E-state index contributed by atoms with van der Waals surface area (Å²) >= 11 is 1.78. The molecule has 1 aliphatic rings. The molecule has 0 spiro atoms. The molecule has 0 radical (unpaired) electrons. The lowest BCUT2D eigenvalue weighted by Gasteiger charge is -2.25. The van der Waals surface area contributed by atoms with Gasteiger partial charge in [-0.2, -0.15) is 0 Å². The van der Waals surface area contributed by atoms with Crippen LogP contribution >= 0.6 is 11.8 Å². The largest absolute Gasteiger partial charge is 0.397 e. The molecule has 0 aliphatic heterocycles. The van der Waals surface area contributed by atoms with E-state index in [4.69, 9.17) is 5.73 Å². The first-order valence-electron chi connectivity index (χ1n) is 6.91. The molecule has 0 aromatic heterocycles. The Labute approximate surface area is 119 Å². The van der Waals surface area contributed by atoms with Gasteiger partial charge in [0.05, 0.1) is 17.1 Å². The number of carbonyl (C=O) groups is 1. The van der Waals surface area contributed by atoms with Crippen LogP contribution in [0.2, 0.25) is 0 Å². The van der Waals surface area contributed by atoms with E-state index >= 15 is 0 Å². The molecule has 3 nitrogen and oxygen atoms in total. The van der Waals surface area contributed by atoms with Gasteiger partial charge < -0.3 is 11.1 Å². The first kappa shape index (κ1) is 14.3. The quantitative estimate of drug-likeness (QED) is 0.829. The van der Waals surface area contributed by atoms with Gasteiger partial charge in [-0.3, -0.25) is 4.79 Å². The second kappa shape index (κ2) is 6.85. The van der Waals surface area contributed by atoms with Gasteiger partial charge in [0.1, 0.15) is 0 Å². The summed E-state index contributed by atoms with van der Waals surface area (Å²) in [7, 11) is 0. The number of nitrogens with two attached hydrogens (primary N) is 1. The Bertz CT molecular complexity index is 436. The highest BCUT2D eigenvalue weighted by Gasteiger charge is 2.20. The van der Waals surface area contributed by atoms with E-state index in [1.54, 1.807) is 17.8 Å². The van der Waals surface area contributed by atoms with Gasteiger partial charge in [-0.15, -0.1) is 11.8 Å². The summed E-state index contributed by atoms with van der Waals surface area (Å²) in [6.07, 6.45) is 5.12. The Morgan fingerprint density at radius 2 is 2.21 bits per heavy atom. The van der Waals surface area contributed by atoms with Crippen molar-refractivity contribution in [3.05, 3.63) is 24.3 Å². The standard InChI is InChI=1S/C15H22N2OS/c1-11-5-4-6-12(9-11)19-10-15(18)17-14-8-3-2-7-13(14)16/h2-3,7-8,11-12H,4-6,9-10,16H2,1H3,(H,17,18). The second-order valence-electron chi connectivity index (χ2n) is 5.34. The minimum Gasteiger partial charge on any atom is -0.397 e. The number of thioether (sulfide) groups is 1. The van der Waals surface area contributed by atoms with E-state index < -0.39 is 0 Å². The highest BCUT2D eigenvalue weighted by Crippen LogP contribution is 2.31. The number of nitrogens with one attached hydrogen (secondary N) is 1. The molecular weight excluding hydrogens is 256 g/mol. The summed E-state index contributed by atoms with van der Waals surface area (Å²) in [6, 6.07) is 7.37. The van der Waals surface area contributed by atoms with Crippen LogP contribution in [0.15, 0.2) is 24.3 Å². The van der Waals surface area contributed by atoms with Crippen LogP contribution in [0.3, 0.4) is 0 Å². The third kappa shape index (κ3) is 4.46. The number of hydrogen-bond acceptors (Lipinski definition) is 3. The zero-order valence-corrected chi connectivity index (χ0v) is 12.2. The topological polar surface area (TPSA) is 55.1 Å². The van der Waals surface area contributed by atoms with Crippen molar-refractivity contribution in [2.24, 2.45) is 5.92 Å². The van der Waals surface area contributed by atoms with Crippen molar-refractivity contribution in [1.82, 2.24) is 0 Å². The number of carbonyl (C=O) groups excluding carboxylic acids is 1. The highest BCUT2D eigenvalue weighted by atomic mass is 32.2. The molecule has 1 fully saturated rings. The second-order valence-corrected chi connectivity index (χ2v) is 6.63. The van der Waals surface area contributed by atoms with E-state index in [-0.39, 0.29) is 5.91 Å². The molecule has 0 bridgehead atoms. The molecule has 0 heterocycles. The maximum absolute atomic E-state index is 11.9. The molecule has 1 saturated carbocycles. The molecule has 0 saturated heterocycles. The van der Waals surface area contributed by atoms with Gasteiger partial charge in [-0.05, 0) is 30.9 Å². The van der Waals surface area contributed by atoms with E-state index in [9.17, 15) is 4.79 Å². The number of amides is 1. The van der Waals surface area contributed by atoms with Crippen LogP contribution in [-0.4, -0.2) is 16.9 Å². The molecule has 104 valence electrons. The Hall–Kier alpha value is -1.16. The first-order valence-corrected chi connectivity index (χ1v) is 7.96. The molecule has 3 N–H and O–H groups in total. The SMILES string of the molecule is CC1CCCC(SCC(=O)Nc2ccccc2N)C1. The van der Waals surface area contributed by atoms with E-state index in [0.29, 0.717) is 22.4 Å². The Morgan fingerprint density at radius 1 is 1.42 bits per heavy atom. The molecule has 2 unspecified atom stereocenters. The van der Waals surface area contributed by atoms with E-state index in [0.717, 1.165) is 5.92 Å². The van der Waals surface area contributed by atoms with Crippen molar-refractivity contribution in [1.29, 1.82) is 0 Å². The fraction of sp³-hybridized carbons (Fsp3) is 0.533. The van der Waals surface area contributed by atoms with Crippen LogP contribution in [0.25, 0.3) is 0 Å². The molecule has 19 heavy (non-hydrogen) atoms. The molecule has 1 aromatic carbocycles. The van der Waals surface area contributed by atoms with Gasteiger partial charge in [-0.25, -0.2) is 0 Å². The van der Waals surface area contributed by atoms with Crippen molar-refractivity contribution in [3.63, 3.8) is 0 Å². The fourth-order valence-electron chi connectivity index (χ4n) is 2.52. The van der Waals surface area contributed by atoms with Crippen molar-refractivity contribution in [2.45, 2.75) is 37.9 Å². The van der Waals surface area contributed by atoms with Crippen molar-refractivity contribution < 1.29 is 4.79 Å². The zero-order valence-electron chi connectivity index (χ0n) is 11.4. The van der Waals surface area contributed by atoms with E-state index in [2.05, 4.69) is 12.2 Å². The zero-order chi connectivity index (χ0) is 13.7. The normalized spacial score (nSPS) is 23.0. The van der Waals surface area contributed by atoms with Gasteiger partial charge in [-0.1, -0.05) is 31.9 Å². The summed E-state index contributed by atoms with van der Waals surface area (Å²) in [6.45, 7) is 2.30. The van der Waals surface area contributed by atoms with Crippen LogP contribution in [-0.2, 0) is 4.79 Å². The predicted molar refractivity (Wildman–Crippen MR) is 83.4 cm³/mol. The summed E-state index contributed by atoms with van der Waals surface area (Å²) in [5.41, 5.74) is 7.14. The minimum absolute atomic E-state index is 0.0427. The number of rotatable bonds is 4. The molecule has 1 amide bonds. The average Bonchev–Trinajstić information content (AvgIpc) is 2.39. The molecule has 2 atom stereocenters. The van der Waals surface area contributed by atoms with Crippen LogP contribution in [0.5, 0.6) is 0 Å².